The van der Waals surface area contributed by atoms with Crippen molar-refractivity contribution in [2.45, 2.75) is 64.8 Å². The van der Waals surface area contributed by atoms with Gasteiger partial charge in [-0.1, -0.05) is 43.3 Å². The summed E-state index contributed by atoms with van der Waals surface area (Å²) in [5.74, 6) is 1.88. The summed E-state index contributed by atoms with van der Waals surface area (Å²) in [4.78, 5) is 20.5. The molecule has 1 atom stereocenters. The number of H-pyrrole nitrogens is 1. The van der Waals surface area contributed by atoms with Crippen molar-refractivity contribution in [3.8, 4) is 0 Å². The van der Waals surface area contributed by atoms with Gasteiger partial charge < -0.3 is 14.7 Å². The largest absolute Gasteiger partial charge is 0.425 e. The Morgan fingerprint density at radius 1 is 1.03 bits per heavy atom. The van der Waals surface area contributed by atoms with Crippen LogP contribution < -0.4 is 5.32 Å². The maximum atomic E-state index is 12.5. The van der Waals surface area contributed by atoms with Crippen LogP contribution in [0.3, 0.4) is 0 Å². The number of hydrogen-bond donors (Lipinski definition) is 2. The van der Waals surface area contributed by atoms with Crippen LogP contribution in [0.2, 0.25) is 0 Å². The van der Waals surface area contributed by atoms with E-state index in [1.54, 1.807) is 0 Å². The number of aromatic nitrogens is 4. The summed E-state index contributed by atoms with van der Waals surface area (Å²) in [5, 5.41) is 11.3. The molecule has 2 N–H and O–H groups in total. The minimum absolute atomic E-state index is 0.0545. The molecule has 7 heteroatoms. The molecule has 172 valence electrons. The molecule has 33 heavy (non-hydrogen) atoms. The second-order valence-electron chi connectivity index (χ2n) is 8.45. The van der Waals surface area contributed by atoms with Crippen LogP contribution in [0.4, 0.5) is 0 Å². The first-order valence-electron chi connectivity index (χ1n) is 11.7. The number of nitrogens with one attached hydrogen (secondary N) is 2. The second kappa shape index (κ2) is 10.9. The predicted molar refractivity (Wildman–Crippen MR) is 128 cm³/mol. The summed E-state index contributed by atoms with van der Waals surface area (Å²) >= 11 is 0. The van der Waals surface area contributed by atoms with Gasteiger partial charge in [-0.2, -0.15) is 0 Å². The lowest BCUT2D eigenvalue weighted by atomic mass is 10.1. The van der Waals surface area contributed by atoms with E-state index in [0.717, 1.165) is 49.0 Å². The van der Waals surface area contributed by atoms with Gasteiger partial charge in [-0.3, -0.25) is 4.79 Å². The van der Waals surface area contributed by atoms with Crippen LogP contribution in [0, 0.1) is 6.92 Å². The predicted octanol–water partition coefficient (Wildman–Crippen LogP) is 5.02. The van der Waals surface area contributed by atoms with Gasteiger partial charge in [0.2, 0.25) is 17.7 Å². The van der Waals surface area contributed by atoms with Crippen molar-refractivity contribution in [3.05, 3.63) is 77.3 Å². The number of amides is 1. The summed E-state index contributed by atoms with van der Waals surface area (Å²) in [7, 11) is 0. The molecule has 0 aliphatic carbocycles. The van der Waals surface area contributed by atoms with E-state index in [1.807, 2.05) is 32.0 Å². The molecular weight excluding hydrogens is 414 g/mol. The van der Waals surface area contributed by atoms with Gasteiger partial charge in [0.05, 0.1) is 17.1 Å². The summed E-state index contributed by atoms with van der Waals surface area (Å²) in [6, 6.07) is 16.4. The highest BCUT2D eigenvalue weighted by atomic mass is 16.4. The molecule has 0 radical (unpaired) electrons. The van der Waals surface area contributed by atoms with Crippen molar-refractivity contribution in [1.82, 2.24) is 25.5 Å². The van der Waals surface area contributed by atoms with E-state index < -0.39 is 0 Å². The molecular formula is C26H31N5O2. The molecule has 1 amide bonds. The molecule has 4 aromatic rings. The number of hydrogen-bond acceptors (Lipinski definition) is 5. The molecule has 0 saturated carbocycles. The van der Waals surface area contributed by atoms with Gasteiger partial charge >= 0.3 is 0 Å². The Hall–Kier alpha value is -3.48. The number of rotatable bonds is 11. The van der Waals surface area contributed by atoms with E-state index in [0.29, 0.717) is 24.6 Å². The molecule has 0 spiro atoms. The van der Waals surface area contributed by atoms with Crippen molar-refractivity contribution < 1.29 is 9.21 Å². The van der Waals surface area contributed by atoms with Gasteiger partial charge in [-0.25, -0.2) is 4.98 Å². The Bertz CT molecular complexity index is 1180. The van der Waals surface area contributed by atoms with Crippen molar-refractivity contribution in [2.75, 3.05) is 0 Å². The fourth-order valence-corrected chi connectivity index (χ4v) is 3.90. The zero-order chi connectivity index (χ0) is 23.0. The number of carbonyl (C=O) groups excluding carboxylic acids is 1. The van der Waals surface area contributed by atoms with Crippen LogP contribution in [-0.4, -0.2) is 26.1 Å². The van der Waals surface area contributed by atoms with Gasteiger partial charge in [0.15, 0.2) is 0 Å². The van der Waals surface area contributed by atoms with Crippen LogP contribution >= 0.6 is 0 Å². The molecule has 0 unspecified atom stereocenters. The van der Waals surface area contributed by atoms with E-state index in [4.69, 9.17) is 4.42 Å². The molecule has 0 bridgehead atoms. The number of aryl methyl sites for hydroxylation is 4. The lowest BCUT2D eigenvalue weighted by molar-refractivity contribution is -0.122. The lowest BCUT2D eigenvalue weighted by Gasteiger charge is -2.14. The standard InChI is InChI=1S/C26H31N5O2/c1-3-20(26-28-21-14-13-18(2)17-22(21)29-26)27-23(32)15-16-25-31-30-24(33-25)12-8-7-11-19-9-5-4-6-10-19/h4-6,9-10,13-14,17,20H,3,7-8,11-12,15-16H2,1-2H3,(H,27,32)(H,28,29)/t20-/m0/s1. The highest BCUT2D eigenvalue weighted by Crippen LogP contribution is 2.20. The maximum Gasteiger partial charge on any atom is 0.221 e. The zero-order valence-electron chi connectivity index (χ0n) is 19.3. The highest BCUT2D eigenvalue weighted by molar-refractivity contribution is 5.78. The third kappa shape index (κ3) is 6.28. The van der Waals surface area contributed by atoms with Crippen molar-refractivity contribution >= 4 is 16.9 Å². The third-order valence-corrected chi connectivity index (χ3v) is 5.75. The molecule has 7 nitrogen and oxygen atoms in total. The third-order valence-electron chi connectivity index (χ3n) is 5.75. The van der Waals surface area contributed by atoms with Gasteiger partial charge in [-0.15, -0.1) is 10.2 Å². The molecule has 2 aromatic heterocycles. The molecule has 0 aliphatic rings. The Balaban J connectivity index is 1.22. The van der Waals surface area contributed by atoms with Crippen molar-refractivity contribution in [3.63, 3.8) is 0 Å². The molecule has 2 heterocycles. The number of nitrogens with zero attached hydrogens (tertiary/aromatic N) is 3. The maximum absolute atomic E-state index is 12.5. The van der Waals surface area contributed by atoms with Crippen LogP contribution in [0.1, 0.15) is 67.4 Å². The Morgan fingerprint density at radius 2 is 1.79 bits per heavy atom. The SMILES string of the molecule is CC[C@H](NC(=O)CCc1nnc(CCCCc2ccccc2)o1)c1nc2ccc(C)cc2[nH]1. The number of unbranched alkanes of at least 4 members (excludes halogenated alkanes) is 1. The van der Waals surface area contributed by atoms with E-state index in [9.17, 15) is 4.79 Å². The normalized spacial score (nSPS) is 12.2. The molecule has 0 aliphatic heterocycles. The molecule has 0 saturated heterocycles. The summed E-state index contributed by atoms with van der Waals surface area (Å²) < 4.78 is 5.73. The first-order valence-corrected chi connectivity index (χ1v) is 11.7. The van der Waals surface area contributed by atoms with Crippen LogP contribution in [0.25, 0.3) is 11.0 Å². The lowest BCUT2D eigenvalue weighted by Crippen LogP contribution is -2.29. The van der Waals surface area contributed by atoms with Crippen LogP contribution in [0.15, 0.2) is 52.9 Å². The summed E-state index contributed by atoms with van der Waals surface area (Å²) in [6.07, 6.45) is 5.35. The minimum atomic E-state index is -0.159. The molecule has 4 rings (SSSR count). The first kappa shape index (κ1) is 22.7. The van der Waals surface area contributed by atoms with E-state index in [-0.39, 0.29) is 11.9 Å². The van der Waals surface area contributed by atoms with Gasteiger partial charge in [-0.05, 0) is 55.9 Å². The van der Waals surface area contributed by atoms with E-state index in [2.05, 4.69) is 55.8 Å². The van der Waals surface area contributed by atoms with Gasteiger partial charge in [0, 0.05) is 19.3 Å². The average Bonchev–Trinajstić information content (AvgIpc) is 3.46. The summed E-state index contributed by atoms with van der Waals surface area (Å²) in [6.45, 7) is 4.08. The molecule has 0 fully saturated rings. The second-order valence-corrected chi connectivity index (χ2v) is 8.45. The Labute approximate surface area is 194 Å². The fourth-order valence-electron chi connectivity index (χ4n) is 3.90. The van der Waals surface area contributed by atoms with Crippen LogP contribution in [-0.2, 0) is 24.1 Å². The van der Waals surface area contributed by atoms with Gasteiger partial charge in [0.1, 0.15) is 5.82 Å². The number of carbonyl (C=O) groups is 1. The Morgan fingerprint density at radius 3 is 2.58 bits per heavy atom. The van der Waals surface area contributed by atoms with Gasteiger partial charge in [0.25, 0.3) is 0 Å². The zero-order valence-corrected chi connectivity index (χ0v) is 19.3. The first-order chi connectivity index (χ1) is 16.1. The van der Waals surface area contributed by atoms with Crippen LogP contribution in [0.5, 0.6) is 0 Å². The highest BCUT2D eigenvalue weighted by Gasteiger charge is 2.17. The summed E-state index contributed by atoms with van der Waals surface area (Å²) in [5.41, 5.74) is 4.41. The monoisotopic (exact) mass is 445 g/mol. The molecule has 2 aromatic carbocycles. The quantitative estimate of drug-likeness (QED) is 0.316. The number of benzene rings is 2. The average molecular weight is 446 g/mol. The minimum Gasteiger partial charge on any atom is -0.425 e. The smallest absolute Gasteiger partial charge is 0.221 e. The van der Waals surface area contributed by atoms with E-state index in [1.165, 1.54) is 11.1 Å². The Kier molecular flexibility index (Phi) is 7.50. The number of aromatic amines is 1. The van der Waals surface area contributed by atoms with Crippen molar-refractivity contribution in [1.29, 1.82) is 0 Å². The van der Waals surface area contributed by atoms with E-state index >= 15 is 0 Å². The number of fused-ring (bicyclic) bond motifs is 1. The van der Waals surface area contributed by atoms with Crippen molar-refractivity contribution in [2.24, 2.45) is 0 Å². The number of imidazole rings is 1. The fraction of sp³-hybridized carbons (Fsp3) is 0.385. The topological polar surface area (TPSA) is 96.7 Å².